The molecule has 0 saturated heterocycles. The Labute approximate surface area is 180 Å². The molecule has 4 rings (SSSR count). The van der Waals surface area contributed by atoms with Crippen LogP contribution in [-0.4, -0.2) is 37.3 Å². The van der Waals surface area contributed by atoms with Crippen molar-refractivity contribution in [2.75, 3.05) is 13.1 Å². The monoisotopic (exact) mass is 497 g/mol. The van der Waals surface area contributed by atoms with Gasteiger partial charge in [0.05, 0.1) is 10.4 Å². The number of benzene rings is 2. The van der Waals surface area contributed by atoms with Crippen molar-refractivity contribution in [3.8, 4) is 0 Å². The number of H-pyrrole nitrogens is 1. The molecule has 3 aromatic rings. The number of aromatic amines is 1. The normalized spacial score (nSPS) is 14.2. The molecule has 1 amide bonds. The van der Waals surface area contributed by atoms with Crippen molar-refractivity contribution in [1.82, 2.24) is 14.6 Å². The highest BCUT2D eigenvalue weighted by Gasteiger charge is 2.25. The van der Waals surface area contributed by atoms with Crippen LogP contribution in [0.25, 0.3) is 10.9 Å². The van der Waals surface area contributed by atoms with E-state index in [2.05, 4.69) is 25.6 Å². The maximum Gasteiger partial charge on any atom is 0.240 e. The molecule has 0 radical (unpaired) electrons. The molecule has 158 valence electrons. The average Bonchev–Trinajstić information content (AvgIpc) is 3.09. The maximum atomic E-state index is 13.3. The zero-order valence-electron chi connectivity index (χ0n) is 15.7. The molecule has 0 atom stereocenters. The molecule has 2 aromatic carbocycles. The Morgan fingerprint density at radius 2 is 2.00 bits per heavy atom. The van der Waals surface area contributed by atoms with Crippen LogP contribution in [0, 0.1) is 11.6 Å². The number of halogens is 3. The number of carbonyl (C=O) groups excluding carboxylic acids is 1. The number of nitrogens with one attached hydrogen (secondary N) is 2. The number of nitrogens with zero attached hydrogens (tertiary/aromatic N) is 1. The summed E-state index contributed by atoms with van der Waals surface area (Å²) in [7, 11) is -4.04. The maximum absolute atomic E-state index is 13.3. The molecule has 0 bridgehead atoms. The first-order chi connectivity index (χ1) is 14.3. The molecular weight excluding hydrogens is 480 g/mol. The fourth-order valence-corrected chi connectivity index (χ4v) is 5.10. The molecule has 30 heavy (non-hydrogen) atoms. The largest absolute Gasteiger partial charge is 0.357 e. The Hall–Kier alpha value is -2.30. The minimum absolute atomic E-state index is 0.0374. The number of para-hydroxylation sites is 1. The predicted molar refractivity (Wildman–Crippen MR) is 111 cm³/mol. The molecule has 0 spiro atoms. The van der Waals surface area contributed by atoms with E-state index in [-0.39, 0.29) is 23.8 Å². The van der Waals surface area contributed by atoms with Gasteiger partial charge in [-0.1, -0.05) is 12.1 Å². The molecular formula is C20H18BrF2N3O3S. The smallest absolute Gasteiger partial charge is 0.240 e. The van der Waals surface area contributed by atoms with Crippen LogP contribution in [0.4, 0.5) is 8.78 Å². The summed E-state index contributed by atoms with van der Waals surface area (Å²) in [4.78, 5) is 17.3. The number of carbonyl (C=O) groups is 1. The number of hydrogen-bond acceptors (Lipinski definition) is 3. The Morgan fingerprint density at radius 1 is 1.20 bits per heavy atom. The Morgan fingerprint density at radius 3 is 2.77 bits per heavy atom. The van der Waals surface area contributed by atoms with Gasteiger partial charge in [0.1, 0.15) is 0 Å². The molecule has 2 heterocycles. The van der Waals surface area contributed by atoms with Gasteiger partial charge in [-0.15, -0.1) is 0 Å². The van der Waals surface area contributed by atoms with Gasteiger partial charge in [0.15, 0.2) is 11.6 Å². The molecule has 10 heteroatoms. The first-order valence-electron chi connectivity index (χ1n) is 9.26. The van der Waals surface area contributed by atoms with Crippen molar-refractivity contribution in [3.63, 3.8) is 0 Å². The van der Waals surface area contributed by atoms with Gasteiger partial charge in [-0.05, 0) is 40.2 Å². The summed E-state index contributed by atoms with van der Waals surface area (Å²) in [5, 5.41) is 1.05. The van der Waals surface area contributed by atoms with Gasteiger partial charge in [0.25, 0.3) is 0 Å². The van der Waals surface area contributed by atoms with Gasteiger partial charge in [-0.25, -0.2) is 21.9 Å². The Balaban J connectivity index is 1.40. The van der Waals surface area contributed by atoms with E-state index in [1.54, 1.807) is 4.90 Å². The van der Waals surface area contributed by atoms with E-state index in [4.69, 9.17) is 0 Å². The summed E-state index contributed by atoms with van der Waals surface area (Å²) in [6.07, 6.45) is 0.646. The molecule has 0 unspecified atom stereocenters. The second-order valence-corrected chi connectivity index (χ2v) is 9.65. The first kappa shape index (κ1) is 21.0. The third-order valence-electron chi connectivity index (χ3n) is 5.14. The highest BCUT2D eigenvalue weighted by atomic mass is 79.9. The number of amides is 1. The van der Waals surface area contributed by atoms with Gasteiger partial charge < -0.3 is 9.88 Å². The van der Waals surface area contributed by atoms with Gasteiger partial charge in [-0.3, -0.25) is 4.79 Å². The van der Waals surface area contributed by atoms with Crippen molar-refractivity contribution < 1.29 is 22.0 Å². The van der Waals surface area contributed by atoms with Gasteiger partial charge in [-0.2, -0.15) is 0 Å². The van der Waals surface area contributed by atoms with Gasteiger partial charge in [0, 0.05) is 53.6 Å². The molecule has 1 aliphatic rings. The average molecular weight is 498 g/mol. The molecule has 2 N–H and O–H groups in total. The minimum atomic E-state index is -4.04. The molecule has 0 aliphatic carbocycles. The molecule has 1 aromatic heterocycles. The second-order valence-electron chi connectivity index (χ2n) is 7.03. The SMILES string of the molecule is O=C(CCNS(=O)(=O)c1ccc(F)c(F)c1)N1CCc2[nH]c3c(Br)cccc3c2C1. The van der Waals surface area contributed by atoms with E-state index in [0.29, 0.717) is 25.6 Å². The third kappa shape index (κ3) is 3.99. The van der Waals surface area contributed by atoms with Crippen molar-refractivity contribution in [3.05, 3.63) is 63.8 Å². The van der Waals surface area contributed by atoms with Crippen LogP contribution in [0.1, 0.15) is 17.7 Å². The number of fused-ring (bicyclic) bond motifs is 3. The van der Waals surface area contributed by atoms with Crippen LogP contribution in [0.5, 0.6) is 0 Å². The summed E-state index contributed by atoms with van der Waals surface area (Å²) in [5.74, 6) is -2.56. The van der Waals surface area contributed by atoms with E-state index < -0.39 is 21.7 Å². The summed E-state index contributed by atoms with van der Waals surface area (Å²) in [5.41, 5.74) is 3.16. The Bertz CT molecular complexity index is 1240. The van der Waals surface area contributed by atoms with Gasteiger partial charge >= 0.3 is 0 Å². The van der Waals surface area contributed by atoms with E-state index in [0.717, 1.165) is 38.8 Å². The molecule has 0 saturated carbocycles. The third-order valence-corrected chi connectivity index (χ3v) is 7.26. The lowest BCUT2D eigenvalue weighted by molar-refractivity contribution is -0.131. The summed E-state index contributed by atoms with van der Waals surface area (Å²) < 4.78 is 54.0. The number of rotatable bonds is 5. The molecule has 6 nitrogen and oxygen atoms in total. The summed E-state index contributed by atoms with van der Waals surface area (Å²) in [6.45, 7) is 0.843. The van der Waals surface area contributed by atoms with Crippen LogP contribution in [0.15, 0.2) is 45.8 Å². The lowest BCUT2D eigenvalue weighted by atomic mass is 10.0. The van der Waals surface area contributed by atoms with E-state index in [9.17, 15) is 22.0 Å². The summed E-state index contributed by atoms with van der Waals surface area (Å²) >= 11 is 3.53. The van der Waals surface area contributed by atoms with Crippen molar-refractivity contribution in [1.29, 1.82) is 0 Å². The topological polar surface area (TPSA) is 82.3 Å². The standard InChI is InChI=1S/C20H18BrF2N3O3S/c21-15-3-1-2-13-14-11-26(9-7-18(14)25-20(13)15)19(27)6-8-24-30(28,29)12-4-5-16(22)17(23)10-12/h1-5,10,24-25H,6-9,11H2. The first-order valence-corrected chi connectivity index (χ1v) is 11.5. The van der Waals surface area contributed by atoms with Crippen LogP contribution >= 0.6 is 15.9 Å². The summed E-state index contributed by atoms with van der Waals surface area (Å²) in [6, 6.07) is 8.23. The predicted octanol–water partition coefficient (Wildman–Crippen LogP) is 3.46. The lowest BCUT2D eigenvalue weighted by Gasteiger charge is -2.27. The van der Waals surface area contributed by atoms with Crippen molar-refractivity contribution >= 4 is 42.8 Å². The van der Waals surface area contributed by atoms with E-state index in [1.165, 1.54) is 0 Å². The van der Waals surface area contributed by atoms with Crippen LogP contribution in [0.3, 0.4) is 0 Å². The quantitative estimate of drug-likeness (QED) is 0.566. The zero-order chi connectivity index (χ0) is 21.5. The fourth-order valence-electron chi connectivity index (χ4n) is 3.59. The Kier molecular flexibility index (Phi) is 5.65. The number of sulfonamides is 1. The minimum Gasteiger partial charge on any atom is -0.357 e. The van der Waals surface area contributed by atoms with Crippen LogP contribution in [0.2, 0.25) is 0 Å². The second kappa shape index (κ2) is 8.09. The van der Waals surface area contributed by atoms with Crippen molar-refractivity contribution in [2.24, 2.45) is 0 Å². The van der Waals surface area contributed by atoms with Crippen LogP contribution < -0.4 is 4.72 Å². The highest BCUT2D eigenvalue weighted by Crippen LogP contribution is 2.31. The molecule has 1 aliphatic heterocycles. The number of aromatic nitrogens is 1. The van der Waals surface area contributed by atoms with Crippen molar-refractivity contribution in [2.45, 2.75) is 24.3 Å². The van der Waals surface area contributed by atoms with Crippen LogP contribution in [-0.2, 0) is 27.8 Å². The fraction of sp³-hybridized carbons (Fsp3) is 0.250. The van der Waals surface area contributed by atoms with E-state index in [1.807, 2.05) is 18.2 Å². The zero-order valence-corrected chi connectivity index (χ0v) is 18.1. The van der Waals surface area contributed by atoms with Gasteiger partial charge in [0.2, 0.25) is 15.9 Å². The molecule has 0 fully saturated rings. The number of hydrogen-bond donors (Lipinski definition) is 2. The lowest BCUT2D eigenvalue weighted by Crippen LogP contribution is -2.37. The highest BCUT2D eigenvalue weighted by molar-refractivity contribution is 9.10. The van der Waals surface area contributed by atoms with E-state index >= 15 is 0 Å².